The molecule has 1 saturated carbocycles. The minimum atomic E-state index is -0.269. The van der Waals surface area contributed by atoms with E-state index in [1.807, 2.05) is 14.1 Å². The molecular weight excluding hydrogens is 709 g/mol. The number of fused-ring (bicyclic) bond motifs is 2. The number of pyridine rings is 2. The maximum absolute atomic E-state index is 14.2. The van der Waals surface area contributed by atoms with Crippen molar-refractivity contribution in [3.05, 3.63) is 68.3 Å². The van der Waals surface area contributed by atoms with Crippen molar-refractivity contribution >= 4 is 33.6 Å². The van der Waals surface area contributed by atoms with E-state index in [9.17, 15) is 19.2 Å². The topological polar surface area (TPSA) is 132 Å². The molecule has 4 fully saturated rings. The van der Waals surface area contributed by atoms with Crippen LogP contribution < -0.4 is 11.1 Å². The van der Waals surface area contributed by atoms with Gasteiger partial charge in [-0.2, -0.15) is 0 Å². The maximum atomic E-state index is 14.2. The van der Waals surface area contributed by atoms with Crippen LogP contribution in [0.4, 0.5) is 0 Å². The Labute approximate surface area is 328 Å². The highest BCUT2D eigenvalue weighted by atomic mass is 16.5. The molecule has 3 saturated heterocycles. The zero-order chi connectivity index (χ0) is 38.9. The van der Waals surface area contributed by atoms with Crippen molar-refractivity contribution in [3.8, 4) is 0 Å². The quantitative estimate of drug-likeness (QED) is 0.219. The van der Waals surface area contributed by atoms with Gasteiger partial charge in [0.05, 0.1) is 17.7 Å². The SMILES string of the molecule is CN(CC1CCN(CC2CCC2)CC1)C(=O)c1cn(Cc2c[nH]c3c(=O)n(C)cc(C(=O)N(C)CC4CCN(CC5CCOCC5)CC4)c23)c(=O)c2[nH]ccc12. The normalized spacial score (nSPS) is 19.8. The van der Waals surface area contributed by atoms with E-state index >= 15 is 0 Å². The molecule has 0 unspecified atom stereocenters. The van der Waals surface area contributed by atoms with E-state index < -0.39 is 0 Å². The number of hydrogen-bond donors (Lipinski definition) is 2. The molecule has 0 bridgehead atoms. The summed E-state index contributed by atoms with van der Waals surface area (Å²) in [5.74, 6) is 2.12. The van der Waals surface area contributed by atoms with Crippen LogP contribution in [-0.2, 0) is 18.3 Å². The number of nitrogens with one attached hydrogen (secondary N) is 2. The van der Waals surface area contributed by atoms with Gasteiger partial charge in [-0.15, -0.1) is 0 Å². The molecule has 0 spiro atoms. The van der Waals surface area contributed by atoms with Gasteiger partial charge in [-0.25, -0.2) is 0 Å². The first-order valence-corrected chi connectivity index (χ1v) is 21.1. The Kier molecular flexibility index (Phi) is 11.5. The van der Waals surface area contributed by atoms with Crippen LogP contribution in [0.1, 0.15) is 84.1 Å². The molecule has 56 heavy (non-hydrogen) atoms. The van der Waals surface area contributed by atoms with Crippen LogP contribution in [0.25, 0.3) is 21.8 Å². The molecule has 2 amide bonds. The predicted molar refractivity (Wildman–Crippen MR) is 218 cm³/mol. The predicted octanol–water partition coefficient (Wildman–Crippen LogP) is 4.35. The fourth-order valence-corrected chi connectivity index (χ4v) is 9.78. The number of carbonyl (C=O) groups excluding carboxylic acids is 2. The average Bonchev–Trinajstić information content (AvgIpc) is 3.86. The second-order valence-corrected chi connectivity index (χ2v) is 17.5. The number of carbonyl (C=O) groups is 2. The highest BCUT2D eigenvalue weighted by Crippen LogP contribution is 2.30. The number of rotatable bonds is 12. The molecule has 4 aromatic heterocycles. The zero-order valence-corrected chi connectivity index (χ0v) is 33.6. The van der Waals surface area contributed by atoms with Crippen molar-refractivity contribution < 1.29 is 14.3 Å². The van der Waals surface area contributed by atoms with E-state index in [0.717, 1.165) is 90.4 Å². The third-order valence-electron chi connectivity index (χ3n) is 13.5. The van der Waals surface area contributed by atoms with E-state index in [2.05, 4.69) is 19.8 Å². The fraction of sp³-hybridized carbons (Fsp3) is 0.628. The summed E-state index contributed by atoms with van der Waals surface area (Å²) in [4.78, 5) is 70.6. The first-order chi connectivity index (χ1) is 27.1. The number of piperidine rings is 2. The number of aromatic amines is 2. The van der Waals surface area contributed by atoms with Crippen molar-refractivity contribution in [2.45, 2.75) is 64.3 Å². The number of amides is 2. The van der Waals surface area contributed by atoms with Crippen molar-refractivity contribution in [2.75, 3.05) is 79.7 Å². The molecular formula is C43H60N8O5. The Morgan fingerprint density at radius 3 is 1.91 bits per heavy atom. The van der Waals surface area contributed by atoms with Crippen LogP contribution in [0.5, 0.6) is 0 Å². The Bertz CT molecular complexity index is 2140. The number of hydrogen-bond acceptors (Lipinski definition) is 7. The lowest BCUT2D eigenvalue weighted by Crippen LogP contribution is -2.42. The number of aryl methyl sites for hydroxylation is 1. The molecule has 4 aromatic rings. The molecule has 0 radical (unpaired) electrons. The maximum Gasteiger partial charge on any atom is 0.275 e. The zero-order valence-electron chi connectivity index (χ0n) is 33.6. The Morgan fingerprint density at radius 2 is 1.32 bits per heavy atom. The molecule has 13 nitrogen and oxygen atoms in total. The minimum Gasteiger partial charge on any atom is -0.381 e. The number of aromatic nitrogens is 4. The van der Waals surface area contributed by atoms with Gasteiger partial charge in [-0.05, 0) is 113 Å². The van der Waals surface area contributed by atoms with Gasteiger partial charge in [0.1, 0.15) is 11.0 Å². The summed E-state index contributed by atoms with van der Waals surface area (Å²) in [5.41, 5.74) is 1.68. The summed E-state index contributed by atoms with van der Waals surface area (Å²) in [6, 6.07) is 1.79. The van der Waals surface area contributed by atoms with E-state index in [4.69, 9.17) is 4.74 Å². The van der Waals surface area contributed by atoms with Gasteiger partial charge < -0.3 is 43.4 Å². The fourth-order valence-electron chi connectivity index (χ4n) is 9.78. The van der Waals surface area contributed by atoms with Crippen LogP contribution >= 0.6 is 0 Å². The van der Waals surface area contributed by atoms with Crippen LogP contribution in [0.15, 0.2) is 40.4 Å². The van der Waals surface area contributed by atoms with Crippen LogP contribution in [0.2, 0.25) is 0 Å². The second kappa shape index (κ2) is 16.7. The first kappa shape index (κ1) is 38.7. The molecule has 13 heteroatoms. The van der Waals surface area contributed by atoms with Gasteiger partial charge in [0.2, 0.25) is 0 Å². The molecule has 1 aliphatic carbocycles. The van der Waals surface area contributed by atoms with E-state index in [1.54, 1.807) is 47.7 Å². The lowest BCUT2D eigenvalue weighted by atomic mass is 9.84. The average molecular weight is 769 g/mol. The van der Waals surface area contributed by atoms with Crippen molar-refractivity contribution in [2.24, 2.45) is 30.7 Å². The smallest absolute Gasteiger partial charge is 0.275 e. The third-order valence-corrected chi connectivity index (χ3v) is 13.5. The number of likely N-dealkylation sites (tertiary alicyclic amines) is 2. The number of H-pyrrole nitrogens is 2. The van der Waals surface area contributed by atoms with Crippen molar-refractivity contribution in [1.82, 2.24) is 38.7 Å². The highest BCUT2D eigenvalue weighted by molar-refractivity contribution is 6.07. The van der Waals surface area contributed by atoms with Crippen LogP contribution in [0, 0.1) is 23.7 Å². The summed E-state index contributed by atoms with van der Waals surface area (Å²) in [5, 5.41) is 1.11. The summed E-state index contributed by atoms with van der Waals surface area (Å²) >= 11 is 0. The van der Waals surface area contributed by atoms with Gasteiger partial charge in [0.15, 0.2) is 0 Å². The summed E-state index contributed by atoms with van der Waals surface area (Å²) in [6.45, 7) is 9.70. The Balaban J connectivity index is 0.978. The monoisotopic (exact) mass is 768 g/mol. The third kappa shape index (κ3) is 8.13. The van der Waals surface area contributed by atoms with E-state index in [-0.39, 0.29) is 29.5 Å². The second-order valence-electron chi connectivity index (χ2n) is 17.5. The molecule has 3 aliphatic heterocycles. The lowest BCUT2D eigenvalue weighted by molar-refractivity contribution is 0.0449. The Morgan fingerprint density at radius 1 is 0.732 bits per heavy atom. The van der Waals surface area contributed by atoms with Gasteiger partial charge in [0, 0.05) is 96.1 Å². The first-order valence-electron chi connectivity index (χ1n) is 21.1. The van der Waals surface area contributed by atoms with Gasteiger partial charge in [0.25, 0.3) is 22.9 Å². The molecule has 4 aliphatic rings. The molecule has 7 heterocycles. The largest absolute Gasteiger partial charge is 0.381 e. The lowest BCUT2D eigenvalue weighted by Gasteiger charge is -2.37. The number of nitrogens with zero attached hydrogens (tertiary/aromatic N) is 6. The van der Waals surface area contributed by atoms with E-state index in [0.29, 0.717) is 69.3 Å². The number of ether oxygens (including phenoxy) is 1. The molecule has 0 aromatic carbocycles. The van der Waals surface area contributed by atoms with Crippen LogP contribution in [0.3, 0.4) is 0 Å². The molecule has 2 N–H and O–H groups in total. The standard InChI is InChI=1S/C43H60N8O5/c1-46(22-30-8-15-49(16-9-30)24-29-5-4-6-29)40(52)35-28-51(43(55)38-34(35)7-14-44-38)26-33-21-45-39-37(33)36(27-48(3)42(39)54)41(53)47(2)23-31-10-17-50(18-11-31)25-32-12-19-56-20-13-32/h7,14,21,27-32,44-45H,4-6,8-13,15-20,22-26H2,1-3H3. The molecule has 0 atom stereocenters. The van der Waals surface area contributed by atoms with E-state index in [1.165, 1.54) is 34.9 Å². The van der Waals surface area contributed by atoms with Gasteiger partial charge >= 0.3 is 0 Å². The summed E-state index contributed by atoms with van der Waals surface area (Å²) < 4.78 is 8.52. The minimum absolute atomic E-state index is 0.0833. The van der Waals surface area contributed by atoms with Gasteiger partial charge in [-0.3, -0.25) is 19.2 Å². The van der Waals surface area contributed by atoms with Gasteiger partial charge in [-0.1, -0.05) is 6.42 Å². The summed E-state index contributed by atoms with van der Waals surface area (Å²) in [6.07, 6.45) is 17.3. The van der Waals surface area contributed by atoms with Crippen LogP contribution in [-0.4, -0.2) is 130 Å². The van der Waals surface area contributed by atoms with Crippen molar-refractivity contribution in [3.63, 3.8) is 0 Å². The Hall–Kier alpha value is -4.20. The highest BCUT2D eigenvalue weighted by Gasteiger charge is 2.29. The summed E-state index contributed by atoms with van der Waals surface area (Å²) in [7, 11) is 5.36. The van der Waals surface area contributed by atoms with Crippen molar-refractivity contribution in [1.29, 1.82) is 0 Å². The molecule has 8 rings (SSSR count). The molecule has 302 valence electrons.